The van der Waals surface area contributed by atoms with Gasteiger partial charge in [-0.1, -0.05) is 29.8 Å². The van der Waals surface area contributed by atoms with E-state index in [-0.39, 0.29) is 11.1 Å². The molecular weight excluding hydrogens is 287 g/mol. The summed E-state index contributed by atoms with van der Waals surface area (Å²) in [4.78, 5) is 4.12. The number of fused-ring (bicyclic) bond motifs is 1. The predicted molar refractivity (Wildman–Crippen MR) is 85.2 cm³/mol. The van der Waals surface area contributed by atoms with Gasteiger partial charge in [-0.15, -0.1) is 0 Å². The molecule has 3 aromatic rings. The topological polar surface area (TPSA) is 24.9 Å². The van der Waals surface area contributed by atoms with Crippen LogP contribution in [-0.2, 0) is 0 Å². The number of hydrogen-bond donors (Lipinski definition) is 1. The van der Waals surface area contributed by atoms with E-state index < -0.39 is 5.82 Å². The summed E-state index contributed by atoms with van der Waals surface area (Å²) in [5, 5.41) is 5.71. The Morgan fingerprint density at radius 2 is 2.05 bits per heavy atom. The zero-order valence-electron chi connectivity index (χ0n) is 11.5. The fourth-order valence-electron chi connectivity index (χ4n) is 2.35. The summed E-state index contributed by atoms with van der Waals surface area (Å²) in [7, 11) is 0. The Bertz CT molecular complexity index is 783. The second-order valence-electron chi connectivity index (χ2n) is 4.94. The molecule has 0 spiro atoms. The van der Waals surface area contributed by atoms with Gasteiger partial charge in [0.15, 0.2) is 0 Å². The summed E-state index contributed by atoms with van der Waals surface area (Å²) in [6, 6.07) is 12.8. The summed E-state index contributed by atoms with van der Waals surface area (Å²) in [6.45, 7) is 1.99. The summed E-state index contributed by atoms with van der Waals surface area (Å²) < 4.78 is 13.6. The highest BCUT2D eigenvalue weighted by atomic mass is 35.5. The molecule has 1 N–H and O–H groups in total. The highest BCUT2D eigenvalue weighted by Crippen LogP contribution is 2.27. The number of hydrogen-bond acceptors (Lipinski definition) is 2. The number of nitrogens with one attached hydrogen (secondary N) is 1. The molecule has 0 fully saturated rings. The molecule has 1 unspecified atom stereocenters. The van der Waals surface area contributed by atoms with Crippen molar-refractivity contribution >= 4 is 28.1 Å². The standard InChI is InChI=1S/C17H14ClFN2/c1-11(12-5-6-15(18)16(19)9-12)21-17-4-2-3-13-10-20-8-7-14(13)17/h2-11,21H,1H3. The van der Waals surface area contributed by atoms with Crippen LogP contribution in [-0.4, -0.2) is 4.98 Å². The van der Waals surface area contributed by atoms with Gasteiger partial charge in [-0.2, -0.15) is 0 Å². The van der Waals surface area contributed by atoms with Gasteiger partial charge in [0.05, 0.1) is 5.02 Å². The van der Waals surface area contributed by atoms with Crippen LogP contribution in [0.3, 0.4) is 0 Å². The predicted octanol–water partition coefficient (Wildman–Crippen LogP) is 5.20. The van der Waals surface area contributed by atoms with Crippen LogP contribution in [0.25, 0.3) is 10.8 Å². The third-order valence-corrected chi connectivity index (χ3v) is 3.80. The molecule has 0 aliphatic carbocycles. The van der Waals surface area contributed by atoms with Crippen molar-refractivity contribution in [2.24, 2.45) is 0 Å². The minimum absolute atomic E-state index is 0.0319. The van der Waals surface area contributed by atoms with Crippen LogP contribution < -0.4 is 5.32 Å². The first-order valence-corrected chi connectivity index (χ1v) is 7.07. The number of nitrogens with zero attached hydrogens (tertiary/aromatic N) is 1. The highest BCUT2D eigenvalue weighted by molar-refractivity contribution is 6.30. The van der Waals surface area contributed by atoms with Crippen molar-refractivity contribution in [3.05, 3.63) is 71.3 Å². The van der Waals surface area contributed by atoms with Gasteiger partial charge in [-0.25, -0.2) is 4.39 Å². The van der Waals surface area contributed by atoms with E-state index in [0.717, 1.165) is 22.0 Å². The minimum Gasteiger partial charge on any atom is -0.378 e. The monoisotopic (exact) mass is 300 g/mol. The third kappa shape index (κ3) is 2.83. The molecule has 0 saturated carbocycles. The molecule has 106 valence electrons. The molecule has 3 rings (SSSR count). The number of rotatable bonds is 3. The fraction of sp³-hybridized carbons (Fsp3) is 0.118. The number of pyridine rings is 1. The molecular formula is C17H14ClFN2. The second kappa shape index (κ2) is 5.70. The van der Waals surface area contributed by atoms with E-state index in [1.807, 2.05) is 43.5 Å². The Morgan fingerprint density at radius 3 is 2.86 bits per heavy atom. The maximum absolute atomic E-state index is 13.6. The number of benzene rings is 2. The normalized spacial score (nSPS) is 12.3. The Morgan fingerprint density at radius 1 is 1.19 bits per heavy atom. The average Bonchev–Trinajstić information content (AvgIpc) is 2.50. The SMILES string of the molecule is CC(Nc1cccc2cnccc12)c1ccc(Cl)c(F)c1. The lowest BCUT2D eigenvalue weighted by Crippen LogP contribution is -2.07. The van der Waals surface area contributed by atoms with Gasteiger partial charge in [0.25, 0.3) is 0 Å². The van der Waals surface area contributed by atoms with Crippen LogP contribution in [0.4, 0.5) is 10.1 Å². The Hall–Kier alpha value is -2.13. The van der Waals surface area contributed by atoms with Crippen LogP contribution in [0.15, 0.2) is 54.9 Å². The molecule has 1 atom stereocenters. The lowest BCUT2D eigenvalue weighted by Gasteiger charge is -2.17. The molecule has 0 radical (unpaired) electrons. The molecule has 0 aliphatic heterocycles. The zero-order valence-corrected chi connectivity index (χ0v) is 12.2. The molecule has 2 nitrogen and oxygen atoms in total. The van der Waals surface area contributed by atoms with Crippen molar-refractivity contribution in [1.82, 2.24) is 4.98 Å². The van der Waals surface area contributed by atoms with Gasteiger partial charge in [0.1, 0.15) is 5.82 Å². The first kappa shape index (κ1) is 13.8. The van der Waals surface area contributed by atoms with E-state index in [9.17, 15) is 4.39 Å². The smallest absolute Gasteiger partial charge is 0.142 e. The van der Waals surface area contributed by atoms with E-state index in [0.29, 0.717) is 0 Å². The van der Waals surface area contributed by atoms with E-state index in [2.05, 4.69) is 10.3 Å². The Labute approximate surface area is 127 Å². The van der Waals surface area contributed by atoms with Crippen LogP contribution >= 0.6 is 11.6 Å². The summed E-state index contributed by atoms with van der Waals surface area (Å²) in [6.07, 6.45) is 3.59. The molecule has 0 bridgehead atoms. The van der Waals surface area contributed by atoms with Crippen molar-refractivity contribution in [1.29, 1.82) is 0 Å². The summed E-state index contributed by atoms with van der Waals surface area (Å²) in [5.74, 6) is -0.398. The van der Waals surface area contributed by atoms with E-state index >= 15 is 0 Å². The average molecular weight is 301 g/mol. The quantitative estimate of drug-likeness (QED) is 0.719. The van der Waals surface area contributed by atoms with E-state index in [1.165, 1.54) is 6.07 Å². The van der Waals surface area contributed by atoms with Crippen LogP contribution in [0.2, 0.25) is 5.02 Å². The molecule has 0 amide bonds. The lowest BCUT2D eigenvalue weighted by atomic mass is 10.1. The largest absolute Gasteiger partial charge is 0.378 e. The molecule has 2 aromatic carbocycles. The second-order valence-corrected chi connectivity index (χ2v) is 5.35. The van der Waals surface area contributed by atoms with Crippen LogP contribution in [0.5, 0.6) is 0 Å². The van der Waals surface area contributed by atoms with Crippen molar-refractivity contribution < 1.29 is 4.39 Å². The maximum Gasteiger partial charge on any atom is 0.142 e. The minimum atomic E-state index is -0.398. The molecule has 0 saturated heterocycles. The van der Waals surface area contributed by atoms with Gasteiger partial charge < -0.3 is 5.32 Å². The highest BCUT2D eigenvalue weighted by Gasteiger charge is 2.10. The van der Waals surface area contributed by atoms with Gasteiger partial charge in [0.2, 0.25) is 0 Å². The summed E-state index contributed by atoms with van der Waals surface area (Å²) in [5.41, 5.74) is 1.85. The van der Waals surface area contributed by atoms with Gasteiger partial charge >= 0.3 is 0 Å². The van der Waals surface area contributed by atoms with Crippen molar-refractivity contribution in [2.45, 2.75) is 13.0 Å². The van der Waals surface area contributed by atoms with Crippen molar-refractivity contribution in [3.63, 3.8) is 0 Å². The first-order chi connectivity index (χ1) is 10.1. The van der Waals surface area contributed by atoms with Gasteiger partial charge in [-0.3, -0.25) is 4.98 Å². The molecule has 1 heterocycles. The first-order valence-electron chi connectivity index (χ1n) is 6.69. The molecule has 1 aromatic heterocycles. The van der Waals surface area contributed by atoms with Crippen LogP contribution in [0.1, 0.15) is 18.5 Å². The molecule has 4 heteroatoms. The zero-order chi connectivity index (χ0) is 14.8. The Kier molecular flexibility index (Phi) is 3.76. The van der Waals surface area contributed by atoms with Gasteiger partial charge in [0, 0.05) is 34.9 Å². The van der Waals surface area contributed by atoms with Gasteiger partial charge in [-0.05, 0) is 36.8 Å². The number of anilines is 1. The van der Waals surface area contributed by atoms with Crippen molar-refractivity contribution in [2.75, 3.05) is 5.32 Å². The number of aromatic nitrogens is 1. The third-order valence-electron chi connectivity index (χ3n) is 3.50. The lowest BCUT2D eigenvalue weighted by molar-refractivity contribution is 0.624. The van der Waals surface area contributed by atoms with Crippen LogP contribution in [0, 0.1) is 5.82 Å². The fourth-order valence-corrected chi connectivity index (χ4v) is 2.46. The molecule has 21 heavy (non-hydrogen) atoms. The Balaban J connectivity index is 1.92. The number of halogens is 2. The van der Waals surface area contributed by atoms with E-state index in [4.69, 9.17) is 11.6 Å². The summed E-state index contributed by atoms with van der Waals surface area (Å²) >= 11 is 5.72. The van der Waals surface area contributed by atoms with E-state index in [1.54, 1.807) is 12.3 Å². The van der Waals surface area contributed by atoms with Crippen molar-refractivity contribution in [3.8, 4) is 0 Å². The maximum atomic E-state index is 13.6. The molecule has 0 aliphatic rings.